The van der Waals surface area contributed by atoms with Gasteiger partial charge in [-0.05, 0) is 49.3 Å². The Morgan fingerprint density at radius 3 is 3.10 bits per heavy atom. The molecule has 2 atom stereocenters. The number of fused-ring (bicyclic) bond motifs is 1. The van der Waals surface area contributed by atoms with E-state index in [1.807, 2.05) is 0 Å². The van der Waals surface area contributed by atoms with Gasteiger partial charge in [-0.3, -0.25) is 11.3 Å². The fourth-order valence-corrected chi connectivity index (χ4v) is 3.15. The minimum Gasteiger partial charge on any atom is -0.493 e. The topological polar surface area (TPSA) is 56.5 Å². The van der Waals surface area contributed by atoms with E-state index < -0.39 is 0 Å². The van der Waals surface area contributed by atoms with Gasteiger partial charge in [0.15, 0.2) is 0 Å². The van der Waals surface area contributed by atoms with Crippen molar-refractivity contribution in [3.05, 3.63) is 29.3 Å². The maximum Gasteiger partial charge on any atom is 0.122 e. The second-order valence-electron chi connectivity index (χ2n) is 5.81. The third kappa shape index (κ3) is 3.32. The summed E-state index contributed by atoms with van der Waals surface area (Å²) in [6, 6.07) is 6.89. The number of hydrogen-bond acceptors (Lipinski definition) is 4. The molecule has 1 saturated heterocycles. The predicted octanol–water partition coefficient (Wildman–Crippen LogP) is 1.96. The molecule has 20 heavy (non-hydrogen) atoms. The number of benzene rings is 1. The van der Waals surface area contributed by atoms with Gasteiger partial charge in [-0.2, -0.15) is 0 Å². The molecule has 3 rings (SSSR count). The third-order valence-corrected chi connectivity index (χ3v) is 4.34. The lowest BCUT2D eigenvalue weighted by molar-refractivity contribution is 0.0936. The smallest absolute Gasteiger partial charge is 0.122 e. The normalized spacial score (nSPS) is 22.6. The summed E-state index contributed by atoms with van der Waals surface area (Å²) in [6.07, 6.45) is 6.92. The average molecular weight is 276 g/mol. The van der Waals surface area contributed by atoms with Crippen LogP contribution in [-0.2, 0) is 17.6 Å². The molecule has 0 bridgehead atoms. The zero-order valence-electron chi connectivity index (χ0n) is 11.9. The summed E-state index contributed by atoms with van der Waals surface area (Å²) in [7, 11) is 0. The van der Waals surface area contributed by atoms with E-state index in [9.17, 15) is 0 Å². The molecular weight excluding hydrogens is 252 g/mol. The molecular formula is C16H24N2O2. The zero-order chi connectivity index (χ0) is 13.8. The van der Waals surface area contributed by atoms with Gasteiger partial charge in [-0.1, -0.05) is 12.1 Å². The molecule has 3 N–H and O–H groups in total. The monoisotopic (exact) mass is 276 g/mol. The van der Waals surface area contributed by atoms with Crippen LogP contribution in [0.25, 0.3) is 0 Å². The van der Waals surface area contributed by atoms with Crippen LogP contribution < -0.4 is 16.0 Å². The Kier molecular flexibility index (Phi) is 4.55. The van der Waals surface area contributed by atoms with Gasteiger partial charge in [-0.25, -0.2) is 0 Å². The summed E-state index contributed by atoms with van der Waals surface area (Å²) in [5, 5.41) is 0. The molecule has 4 heteroatoms. The van der Waals surface area contributed by atoms with Crippen molar-refractivity contribution in [2.45, 2.75) is 50.7 Å². The first-order valence-electron chi connectivity index (χ1n) is 7.67. The summed E-state index contributed by atoms with van der Waals surface area (Å²) in [5.74, 6) is 6.74. The number of ether oxygens (including phenoxy) is 2. The number of hydrogen-bond donors (Lipinski definition) is 2. The van der Waals surface area contributed by atoms with E-state index in [1.165, 1.54) is 24.0 Å². The second-order valence-corrected chi connectivity index (χ2v) is 5.81. The van der Waals surface area contributed by atoms with Crippen molar-refractivity contribution in [3.63, 3.8) is 0 Å². The van der Waals surface area contributed by atoms with Crippen molar-refractivity contribution in [2.24, 2.45) is 5.84 Å². The molecule has 2 aliphatic heterocycles. The Morgan fingerprint density at radius 1 is 1.35 bits per heavy atom. The second kappa shape index (κ2) is 6.57. The maximum absolute atomic E-state index is 5.69. The van der Waals surface area contributed by atoms with E-state index in [4.69, 9.17) is 15.3 Å². The van der Waals surface area contributed by atoms with E-state index in [-0.39, 0.29) is 0 Å². The van der Waals surface area contributed by atoms with Crippen molar-refractivity contribution in [1.29, 1.82) is 0 Å². The quantitative estimate of drug-likeness (QED) is 0.616. The van der Waals surface area contributed by atoms with Gasteiger partial charge >= 0.3 is 0 Å². The lowest BCUT2D eigenvalue weighted by Crippen LogP contribution is -2.38. The number of hydrazine groups is 1. The molecule has 0 amide bonds. The number of nitrogens with two attached hydrogens (primary N) is 1. The molecule has 0 spiro atoms. The first-order chi connectivity index (χ1) is 9.85. The number of aryl methyl sites for hydroxylation is 1. The Morgan fingerprint density at radius 2 is 2.30 bits per heavy atom. The molecule has 2 unspecified atom stereocenters. The van der Waals surface area contributed by atoms with Gasteiger partial charge < -0.3 is 9.47 Å². The Labute approximate surface area is 120 Å². The lowest BCUT2D eigenvalue weighted by Gasteiger charge is -2.19. The van der Waals surface area contributed by atoms with Crippen LogP contribution in [0.4, 0.5) is 0 Å². The highest BCUT2D eigenvalue weighted by molar-refractivity contribution is 5.39. The van der Waals surface area contributed by atoms with Crippen molar-refractivity contribution in [3.8, 4) is 5.75 Å². The number of nitrogens with one attached hydrogen (secondary N) is 1. The molecule has 0 aromatic heterocycles. The molecule has 0 saturated carbocycles. The van der Waals surface area contributed by atoms with Crippen LogP contribution >= 0.6 is 0 Å². The SMILES string of the molecule is NNC(CCc1ccc2c(c1)CCO2)CC1CCCO1. The van der Waals surface area contributed by atoms with E-state index in [2.05, 4.69) is 23.6 Å². The summed E-state index contributed by atoms with van der Waals surface area (Å²) in [4.78, 5) is 0. The molecule has 1 fully saturated rings. The van der Waals surface area contributed by atoms with E-state index in [0.717, 1.165) is 44.6 Å². The van der Waals surface area contributed by atoms with Gasteiger partial charge in [0.05, 0.1) is 12.7 Å². The fourth-order valence-electron chi connectivity index (χ4n) is 3.15. The van der Waals surface area contributed by atoms with Gasteiger partial charge in [0, 0.05) is 19.1 Å². The van der Waals surface area contributed by atoms with Gasteiger partial charge in [-0.15, -0.1) is 0 Å². The van der Waals surface area contributed by atoms with Crippen LogP contribution in [0.5, 0.6) is 5.75 Å². The van der Waals surface area contributed by atoms with Crippen LogP contribution in [0.2, 0.25) is 0 Å². The highest BCUT2D eigenvalue weighted by Gasteiger charge is 2.20. The molecule has 2 aliphatic rings. The van der Waals surface area contributed by atoms with Crippen molar-refractivity contribution in [1.82, 2.24) is 5.43 Å². The number of rotatable bonds is 6. The van der Waals surface area contributed by atoms with E-state index in [0.29, 0.717) is 12.1 Å². The van der Waals surface area contributed by atoms with Gasteiger partial charge in [0.1, 0.15) is 5.75 Å². The first-order valence-corrected chi connectivity index (χ1v) is 7.67. The van der Waals surface area contributed by atoms with Gasteiger partial charge in [0.25, 0.3) is 0 Å². The van der Waals surface area contributed by atoms with Crippen LogP contribution in [0.1, 0.15) is 36.8 Å². The van der Waals surface area contributed by atoms with Gasteiger partial charge in [0.2, 0.25) is 0 Å². The minimum absolute atomic E-state index is 0.336. The molecule has 2 heterocycles. The van der Waals surface area contributed by atoms with Crippen LogP contribution in [-0.4, -0.2) is 25.4 Å². The average Bonchev–Trinajstić information content (AvgIpc) is 3.13. The zero-order valence-corrected chi connectivity index (χ0v) is 11.9. The van der Waals surface area contributed by atoms with Crippen molar-refractivity contribution in [2.75, 3.05) is 13.2 Å². The molecule has 1 aromatic rings. The van der Waals surface area contributed by atoms with E-state index in [1.54, 1.807) is 0 Å². The Hall–Kier alpha value is -1.10. The Bertz CT molecular complexity index is 444. The molecule has 110 valence electrons. The summed E-state index contributed by atoms with van der Waals surface area (Å²) in [6.45, 7) is 1.73. The molecule has 1 aromatic carbocycles. The van der Waals surface area contributed by atoms with Crippen molar-refractivity contribution < 1.29 is 9.47 Å². The van der Waals surface area contributed by atoms with Crippen LogP contribution in [0.15, 0.2) is 18.2 Å². The lowest BCUT2D eigenvalue weighted by atomic mass is 9.98. The highest BCUT2D eigenvalue weighted by Crippen LogP contribution is 2.26. The summed E-state index contributed by atoms with van der Waals surface area (Å²) < 4.78 is 11.2. The van der Waals surface area contributed by atoms with Crippen LogP contribution in [0, 0.1) is 0 Å². The predicted molar refractivity (Wildman–Crippen MR) is 78.7 cm³/mol. The summed E-state index contributed by atoms with van der Waals surface area (Å²) >= 11 is 0. The Balaban J connectivity index is 1.51. The third-order valence-electron chi connectivity index (χ3n) is 4.34. The first kappa shape index (κ1) is 13.9. The fraction of sp³-hybridized carbons (Fsp3) is 0.625. The molecule has 4 nitrogen and oxygen atoms in total. The standard InChI is InChI=1S/C16H24N2O2/c17-18-14(11-15-2-1-8-19-15)5-3-12-4-6-16-13(10-12)7-9-20-16/h4,6,10,14-15,18H,1-3,5,7-9,11,17H2. The molecule has 0 radical (unpaired) electrons. The molecule has 0 aliphatic carbocycles. The minimum atomic E-state index is 0.336. The van der Waals surface area contributed by atoms with E-state index >= 15 is 0 Å². The maximum atomic E-state index is 5.69. The largest absolute Gasteiger partial charge is 0.493 e. The highest BCUT2D eigenvalue weighted by atomic mass is 16.5. The van der Waals surface area contributed by atoms with Crippen LogP contribution in [0.3, 0.4) is 0 Å². The van der Waals surface area contributed by atoms with Crippen molar-refractivity contribution >= 4 is 0 Å². The summed E-state index contributed by atoms with van der Waals surface area (Å²) in [5.41, 5.74) is 5.67.